The Hall–Kier alpha value is -1.71. The molecule has 0 aliphatic carbocycles. The van der Waals surface area contributed by atoms with Crippen LogP contribution in [0, 0.1) is 6.92 Å². The molecule has 2 N–H and O–H groups in total. The number of anilines is 1. The van der Waals surface area contributed by atoms with E-state index >= 15 is 0 Å². The number of nitrogens with two attached hydrogens (primary N) is 1. The van der Waals surface area contributed by atoms with Crippen molar-refractivity contribution in [1.82, 2.24) is 9.66 Å². The fourth-order valence-electron chi connectivity index (χ4n) is 2.62. The van der Waals surface area contributed by atoms with Crippen molar-refractivity contribution in [2.45, 2.75) is 26.2 Å². The molecule has 0 bridgehead atoms. The van der Waals surface area contributed by atoms with Gasteiger partial charge in [-0.2, -0.15) is 0 Å². The zero-order chi connectivity index (χ0) is 11.8. The molecule has 4 heteroatoms. The second-order valence-electron chi connectivity index (χ2n) is 4.74. The first-order valence-electron chi connectivity index (χ1n) is 6.26. The number of benzene rings is 1. The summed E-state index contributed by atoms with van der Waals surface area (Å²) in [6, 6.07) is 6.24. The van der Waals surface area contributed by atoms with Gasteiger partial charge >= 0.3 is 0 Å². The third-order valence-electron chi connectivity index (χ3n) is 3.50. The van der Waals surface area contributed by atoms with Crippen LogP contribution in [0.25, 0.3) is 11.0 Å². The van der Waals surface area contributed by atoms with Gasteiger partial charge in [-0.25, -0.2) is 9.66 Å². The second-order valence-corrected chi connectivity index (χ2v) is 4.74. The van der Waals surface area contributed by atoms with E-state index < -0.39 is 0 Å². The summed E-state index contributed by atoms with van der Waals surface area (Å²) in [6.07, 6.45) is 3.80. The summed E-state index contributed by atoms with van der Waals surface area (Å²) in [5.41, 5.74) is 9.40. The maximum Gasteiger partial charge on any atom is 0.220 e. The van der Waals surface area contributed by atoms with Crippen LogP contribution in [0.2, 0.25) is 0 Å². The third-order valence-corrected chi connectivity index (χ3v) is 3.50. The normalized spacial score (nSPS) is 16.6. The van der Waals surface area contributed by atoms with Crippen molar-refractivity contribution in [3.8, 4) is 0 Å². The average molecular weight is 230 g/mol. The Bertz CT molecular complexity index is 538. The Morgan fingerprint density at radius 2 is 1.94 bits per heavy atom. The summed E-state index contributed by atoms with van der Waals surface area (Å²) >= 11 is 0. The molecule has 1 aromatic carbocycles. The molecule has 0 saturated carbocycles. The Balaban J connectivity index is 2.14. The van der Waals surface area contributed by atoms with Gasteiger partial charge in [0.2, 0.25) is 5.95 Å². The molecule has 1 aromatic heterocycles. The number of rotatable bonds is 1. The number of fused-ring (bicyclic) bond motifs is 1. The van der Waals surface area contributed by atoms with Crippen molar-refractivity contribution in [1.29, 1.82) is 0 Å². The fourth-order valence-corrected chi connectivity index (χ4v) is 2.62. The molecule has 1 saturated heterocycles. The van der Waals surface area contributed by atoms with Crippen LogP contribution in [0.15, 0.2) is 18.2 Å². The maximum absolute atomic E-state index is 6.06. The lowest BCUT2D eigenvalue weighted by molar-refractivity contribution is 0.489. The minimum atomic E-state index is 0.608. The summed E-state index contributed by atoms with van der Waals surface area (Å²) in [5, 5.41) is 2.31. The minimum Gasteiger partial charge on any atom is -0.368 e. The van der Waals surface area contributed by atoms with Crippen molar-refractivity contribution in [2.75, 3.05) is 23.8 Å². The smallest absolute Gasteiger partial charge is 0.220 e. The van der Waals surface area contributed by atoms with E-state index in [0.29, 0.717) is 5.95 Å². The molecule has 0 spiro atoms. The number of hydrogen-bond donors (Lipinski definition) is 1. The van der Waals surface area contributed by atoms with E-state index in [0.717, 1.165) is 24.1 Å². The molecule has 1 aliphatic rings. The largest absolute Gasteiger partial charge is 0.368 e. The van der Waals surface area contributed by atoms with E-state index in [9.17, 15) is 0 Å². The van der Waals surface area contributed by atoms with E-state index in [-0.39, 0.29) is 0 Å². The molecule has 17 heavy (non-hydrogen) atoms. The molecule has 0 unspecified atom stereocenters. The summed E-state index contributed by atoms with van der Waals surface area (Å²) in [5.74, 6) is 0.608. The number of nitrogen functional groups attached to an aromatic ring is 1. The second kappa shape index (κ2) is 3.95. The highest BCUT2D eigenvalue weighted by Gasteiger charge is 2.17. The van der Waals surface area contributed by atoms with Gasteiger partial charge in [0.25, 0.3) is 0 Å². The van der Waals surface area contributed by atoms with E-state index in [4.69, 9.17) is 5.73 Å². The molecular formula is C13H18N4. The quantitative estimate of drug-likeness (QED) is 0.815. The van der Waals surface area contributed by atoms with Gasteiger partial charge in [0.15, 0.2) is 0 Å². The van der Waals surface area contributed by atoms with Crippen LogP contribution in [0.4, 0.5) is 5.95 Å². The molecule has 1 aliphatic heterocycles. The topological polar surface area (TPSA) is 47.1 Å². The summed E-state index contributed by atoms with van der Waals surface area (Å²) in [4.78, 5) is 4.49. The monoisotopic (exact) mass is 230 g/mol. The van der Waals surface area contributed by atoms with Gasteiger partial charge < -0.3 is 10.7 Å². The standard InChI is InChI=1S/C13H18N4/c1-10-6-5-7-11-12(10)15-13(14)17(11)16-8-3-2-4-9-16/h5-7H,2-4,8-9H2,1H3,(H2,14,15). The molecule has 2 heterocycles. The number of imidazole rings is 1. The SMILES string of the molecule is Cc1cccc2c1nc(N)n2N1CCCCC1. The van der Waals surface area contributed by atoms with Gasteiger partial charge in [0, 0.05) is 13.1 Å². The molecule has 90 valence electrons. The van der Waals surface area contributed by atoms with Crippen molar-refractivity contribution in [3.05, 3.63) is 23.8 Å². The average Bonchev–Trinajstić information content (AvgIpc) is 2.68. The van der Waals surface area contributed by atoms with Crippen molar-refractivity contribution in [2.24, 2.45) is 0 Å². The number of para-hydroxylation sites is 1. The lowest BCUT2D eigenvalue weighted by Crippen LogP contribution is -2.39. The molecule has 4 nitrogen and oxygen atoms in total. The minimum absolute atomic E-state index is 0.608. The molecule has 0 radical (unpaired) electrons. The molecule has 2 aromatic rings. The third kappa shape index (κ3) is 1.64. The highest BCUT2D eigenvalue weighted by atomic mass is 15.6. The highest BCUT2D eigenvalue weighted by Crippen LogP contribution is 2.22. The van der Waals surface area contributed by atoms with Crippen LogP contribution < -0.4 is 10.7 Å². The van der Waals surface area contributed by atoms with Crippen LogP contribution in [-0.2, 0) is 0 Å². The number of aromatic nitrogens is 2. The molecule has 0 atom stereocenters. The van der Waals surface area contributed by atoms with Gasteiger partial charge in [0.05, 0.1) is 11.0 Å². The zero-order valence-corrected chi connectivity index (χ0v) is 10.2. The van der Waals surface area contributed by atoms with Gasteiger partial charge in [0.1, 0.15) is 0 Å². The first-order valence-corrected chi connectivity index (χ1v) is 6.26. The van der Waals surface area contributed by atoms with E-state index in [2.05, 4.69) is 39.8 Å². The lowest BCUT2D eigenvalue weighted by Gasteiger charge is -2.30. The number of hydrogen-bond acceptors (Lipinski definition) is 3. The van der Waals surface area contributed by atoms with E-state index in [1.165, 1.54) is 24.8 Å². The lowest BCUT2D eigenvalue weighted by atomic mass is 10.2. The Kier molecular flexibility index (Phi) is 2.42. The Labute approximate surface area is 101 Å². The van der Waals surface area contributed by atoms with Crippen LogP contribution >= 0.6 is 0 Å². The Morgan fingerprint density at radius 1 is 1.18 bits per heavy atom. The van der Waals surface area contributed by atoms with Crippen LogP contribution in [0.3, 0.4) is 0 Å². The molecule has 3 rings (SSSR count). The van der Waals surface area contributed by atoms with E-state index in [1.807, 2.05) is 0 Å². The number of aryl methyl sites for hydroxylation is 1. The first kappa shape index (κ1) is 10.4. The molecule has 0 amide bonds. The van der Waals surface area contributed by atoms with Gasteiger partial charge in [-0.3, -0.25) is 0 Å². The summed E-state index contributed by atoms with van der Waals surface area (Å²) in [6.45, 7) is 4.22. The fraction of sp³-hybridized carbons (Fsp3) is 0.462. The van der Waals surface area contributed by atoms with Crippen molar-refractivity contribution < 1.29 is 0 Å². The predicted octanol–water partition coefficient (Wildman–Crippen LogP) is 2.05. The van der Waals surface area contributed by atoms with Gasteiger partial charge in [-0.15, -0.1) is 0 Å². The van der Waals surface area contributed by atoms with Gasteiger partial charge in [-0.1, -0.05) is 12.1 Å². The number of piperidine rings is 1. The van der Waals surface area contributed by atoms with E-state index in [1.54, 1.807) is 0 Å². The summed E-state index contributed by atoms with van der Waals surface area (Å²) < 4.78 is 2.08. The predicted molar refractivity (Wildman–Crippen MR) is 70.7 cm³/mol. The van der Waals surface area contributed by atoms with Crippen LogP contribution in [0.5, 0.6) is 0 Å². The zero-order valence-electron chi connectivity index (χ0n) is 10.2. The van der Waals surface area contributed by atoms with Crippen molar-refractivity contribution >= 4 is 17.0 Å². The molecule has 1 fully saturated rings. The maximum atomic E-state index is 6.06. The number of nitrogens with zero attached hydrogens (tertiary/aromatic N) is 3. The highest BCUT2D eigenvalue weighted by molar-refractivity contribution is 5.81. The Morgan fingerprint density at radius 3 is 2.71 bits per heavy atom. The first-order chi connectivity index (χ1) is 8.27. The van der Waals surface area contributed by atoms with Crippen LogP contribution in [-0.4, -0.2) is 22.7 Å². The van der Waals surface area contributed by atoms with Crippen LogP contribution in [0.1, 0.15) is 24.8 Å². The molecular weight excluding hydrogens is 212 g/mol. The summed E-state index contributed by atoms with van der Waals surface area (Å²) in [7, 11) is 0. The van der Waals surface area contributed by atoms with Crippen molar-refractivity contribution in [3.63, 3.8) is 0 Å². The van der Waals surface area contributed by atoms with Gasteiger partial charge in [-0.05, 0) is 37.8 Å².